The van der Waals surface area contributed by atoms with Crippen molar-refractivity contribution in [3.63, 3.8) is 0 Å². The van der Waals surface area contributed by atoms with Crippen molar-refractivity contribution in [1.82, 2.24) is 19.3 Å². The molecule has 1 aliphatic rings. The standard InChI is InChI=1S/C23H27N5O3S/c1-16-8-7-9-17(2)27(16)32(30,31)21-14-12-19(13-15-21)24-23(29)22-18(3)25-28(26-22)20-10-5-4-6-11-20/h4-6,10-17H,7-9H2,1-3H3,(H,24,29). The summed E-state index contributed by atoms with van der Waals surface area (Å²) in [6, 6.07) is 15.5. The van der Waals surface area contributed by atoms with Crippen LogP contribution in [0.4, 0.5) is 5.69 Å². The number of carbonyl (C=O) groups excluding carboxylic acids is 1. The second kappa shape index (κ2) is 8.84. The van der Waals surface area contributed by atoms with E-state index in [0.29, 0.717) is 11.4 Å². The van der Waals surface area contributed by atoms with Crippen LogP contribution in [0.1, 0.15) is 49.3 Å². The Bertz CT molecular complexity index is 1200. The van der Waals surface area contributed by atoms with E-state index in [2.05, 4.69) is 15.5 Å². The number of piperidine rings is 1. The van der Waals surface area contributed by atoms with Crippen LogP contribution in [0.15, 0.2) is 59.5 Å². The summed E-state index contributed by atoms with van der Waals surface area (Å²) in [6.07, 6.45) is 2.76. The first-order valence-electron chi connectivity index (χ1n) is 10.7. The maximum absolute atomic E-state index is 13.2. The summed E-state index contributed by atoms with van der Waals surface area (Å²) in [5.74, 6) is -0.404. The first kappa shape index (κ1) is 22.2. The number of anilines is 1. The molecule has 1 N–H and O–H groups in total. The zero-order chi connectivity index (χ0) is 22.9. The Morgan fingerprint density at radius 2 is 1.59 bits per heavy atom. The van der Waals surface area contributed by atoms with E-state index in [1.807, 2.05) is 44.2 Å². The summed E-state index contributed by atoms with van der Waals surface area (Å²) in [6.45, 7) is 5.62. The SMILES string of the molecule is Cc1nn(-c2ccccc2)nc1C(=O)Nc1ccc(S(=O)(=O)N2C(C)CCCC2C)cc1. The molecule has 1 amide bonds. The molecule has 0 spiro atoms. The fourth-order valence-corrected chi connectivity index (χ4v) is 6.04. The number of aryl methyl sites for hydroxylation is 1. The molecule has 1 aliphatic heterocycles. The lowest BCUT2D eigenvalue weighted by atomic mass is 10.0. The van der Waals surface area contributed by atoms with Crippen molar-refractivity contribution in [2.75, 3.05) is 5.32 Å². The molecule has 32 heavy (non-hydrogen) atoms. The molecule has 8 nitrogen and oxygen atoms in total. The summed E-state index contributed by atoms with van der Waals surface area (Å²) in [7, 11) is -3.60. The van der Waals surface area contributed by atoms with Crippen LogP contribution >= 0.6 is 0 Å². The largest absolute Gasteiger partial charge is 0.321 e. The van der Waals surface area contributed by atoms with E-state index in [-0.39, 0.29) is 22.7 Å². The predicted octanol–water partition coefficient (Wildman–Crippen LogP) is 3.78. The molecule has 0 aliphatic carbocycles. The number of nitrogens with one attached hydrogen (secondary N) is 1. The van der Waals surface area contributed by atoms with Gasteiger partial charge in [0.2, 0.25) is 10.0 Å². The molecule has 2 heterocycles. The summed E-state index contributed by atoms with van der Waals surface area (Å²) in [5.41, 5.74) is 1.95. The Morgan fingerprint density at radius 3 is 2.22 bits per heavy atom. The normalized spacial score (nSPS) is 19.6. The molecule has 3 aromatic rings. The molecule has 1 aromatic heterocycles. The molecule has 1 fully saturated rings. The van der Waals surface area contributed by atoms with Gasteiger partial charge in [0.1, 0.15) is 0 Å². The number of benzene rings is 2. The molecule has 2 aromatic carbocycles. The first-order chi connectivity index (χ1) is 15.3. The molecular weight excluding hydrogens is 426 g/mol. The predicted molar refractivity (Wildman–Crippen MR) is 122 cm³/mol. The summed E-state index contributed by atoms with van der Waals surface area (Å²) in [4.78, 5) is 14.4. The number of aromatic nitrogens is 3. The zero-order valence-corrected chi connectivity index (χ0v) is 19.2. The van der Waals surface area contributed by atoms with Gasteiger partial charge in [-0.2, -0.15) is 14.2 Å². The second-order valence-corrected chi connectivity index (χ2v) is 10.0. The van der Waals surface area contributed by atoms with Crippen LogP contribution in [-0.4, -0.2) is 45.7 Å². The average molecular weight is 454 g/mol. The number of sulfonamides is 1. The van der Waals surface area contributed by atoms with Crippen molar-refractivity contribution in [2.45, 2.75) is 57.0 Å². The lowest BCUT2D eigenvalue weighted by Crippen LogP contribution is -2.47. The monoisotopic (exact) mass is 453 g/mol. The molecule has 2 atom stereocenters. The molecular formula is C23H27N5O3S. The number of para-hydroxylation sites is 1. The van der Waals surface area contributed by atoms with Crippen molar-refractivity contribution < 1.29 is 13.2 Å². The van der Waals surface area contributed by atoms with E-state index in [9.17, 15) is 13.2 Å². The molecule has 2 unspecified atom stereocenters. The van der Waals surface area contributed by atoms with Crippen molar-refractivity contribution in [2.24, 2.45) is 0 Å². The number of hydrogen-bond donors (Lipinski definition) is 1. The van der Waals surface area contributed by atoms with Crippen molar-refractivity contribution in [1.29, 1.82) is 0 Å². The van der Waals surface area contributed by atoms with E-state index in [1.165, 1.54) is 16.9 Å². The van der Waals surface area contributed by atoms with Crippen LogP contribution in [0, 0.1) is 6.92 Å². The first-order valence-corrected chi connectivity index (χ1v) is 12.2. The highest BCUT2D eigenvalue weighted by Crippen LogP contribution is 2.30. The summed E-state index contributed by atoms with van der Waals surface area (Å²) >= 11 is 0. The van der Waals surface area contributed by atoms with Gasteiger partial charge in [-0.1, -0.05) is 24.6 Å². The smallest absolute Gasteiger partial charge is 0.278 e. The number of amides is 1. The van der Waals surface area contributed by atoms with Gasteiger partial charge in [0.15, 0.2) is 5.69 Å². The topological polar surface area (TPSA) is 97.2 Å². The van der Waals surface area contributed by atoms with Crippen LogP contribution in [0.3, 0.4) is 0 Å². The van der Waals surface area contributed by atoms with Gasteiger partial charge in [-0.25, -0.2) is 8.42 Å². The summed E-state index contributed by atoms with van der Waals surface area (Å²) < 4.78 is 27.9. The molecule has 168 valence electrons. The fraction of sp³-hybridized carbons (Fsp3) is 0.348. The number of hydrogen-bond acceptors (Lipinski definition) is 5. The fourth-order valence-electron chi connectivity index (χ4n) is 4.16. The Labute approximate surface area is 188 Å². The minimum Gasteiger partial charge on any atom is -0.321 e. The van der Waals surface area contributed by atoms with Gasteiger partial charge in [0.25, 0.3) is 5.91 Å². The third kappa shape index (κ3) is 4.31. The van der Waals surface area contributed by atoms with E-state index >= 15 is 0 Å². The molecule has 1 saturated heterocycles. The van der Waals surface area contributed by atoms with Gasteiger partial charge in [-0.15, -0.1) is 5.10 Å². The Morgan fingerprint density at radius 1 is 0.969 bits per heavy atom. The third-order valence-electron chi connectivity index (χ3n) is 5.78. The highest BCUT2D eigenvalue weighted by atomic mass is 32.2. The third-order valence-corrected chi connectivity index (χ3v) is 7.93. The van der Waals surface area contributed by atoms with Crippen molar-refractivity contribution >= 4 is 21.6 Å². The number of rotatable bonds is 5. The van der Waals surface area contributed by atoms with Crippen LogP contribution in [0.2, 0.25) is 0 Å². The van der Waals surface area contributed by atoms with E-state index in [4.69, 9.17) is 0 Å². The summed E-state index contributed by atoms with van der Waals surface area (Å²) in [5, 5.41) is 11.4. The van der Waals surface area contributed by atoms with Gasteiger partial charge in [-0.05, 0) is 70.0 Å². The Balaban J connectivity index is 1.51. The average Bonchev–Trinajstić information content (AvgIpc) is 3.16. The van der Waals surface area contributed by atoms with Gasteiger partial charge in [0, 0.05) is 17.8 Å². The quantitative estimate of drug-likeness (QED) is 0.634. The maximum Gasteiger partial charge on any atom is 0.278 e. The van der Waals surface area contributed by atoms with Gasteiger partial charge in [0.05, 0.1) is 16.3 Å². The Kier molecular flexibility index (Phi) is 6.12. The second-order valence-electron chi connectivity index (χ2n) is 8.20. The van der Waals surface area contributed by atoms with Crippen molar-refractivity contribution in [3.8, 4) is 5.69 Å². The van der Waals surface area contributed by atoms with Crippen LogP contribution in [0.25, 0.3) is 5.69 Å². The van der Waals surface area contributed by atoms with E-state index < -0.39 is 15.9 Å². The minimum atomic E-state index is -3.60. The van der Waals surface area contributed by atoms with E-state index in [0.717, 1.165) is 24.9 Å². The number of nitrogens with zero attached hydrogens (tertiary/aromatic N) is 4. The minimum absolute atomic E-state index is 0.0293. The number of carbonyl (C=O) groups is 1. The Hall–Kier alpha value is -3.04. The van der Waals surface area contributed by atoms with Gasteiger partial charge < -0.3 is 5.32 Å². The maximum atomic E-state index is 13.2. The van der Waals surface area contributed by atoms with Gasteiger partial charge >= 0.3 is 0 Å². The molecule has 0 radical (unpaired) electrons. The van der Waals surface area contributed by atoms with Crippen LogP contribution in [-0.2, 0) is 10.0 Å². The van der Waals surface area contributed by atoms with Crippen LogP contribution < -0.4 is 5.32 Å². The molecule has 0 saturated carbocycles. The molecule has 0 bridgehead atoms. The molecule has 9 heteroatoms. The zero-order valence-electron chi connectivity index (χ0n) is 18.4. The van der Waals surface area contributed by atoms with Gasteiger partial charge in [-0.3, -0.25) is 4.79 Å². The highest BCUT2D eigenvalue weighted by molar-refractivity contribution is 7.89. The lowest BCUT2D eigenvalue weighted by molar-refractivity contribution is 0.102. The van der Waals surface area contributed by atoms with Crippen LogP contribution in [0.5, 0.6) is 0 Å². The van der Waals surface area contributed by atoms with Crippen molar-refractivity contribution in [3.05, 3.63) is 66.0 Å². The highest BCUT2D eigenvalue weighted by Gasteiger charge is 2.35. The molecule has 4 rings (SSSR count). The van der Waals surface area contributed by atoms with E-state index in [1.54, 1.807) is 23.4 Å². The lowest BCUT2D eigenvalue weighted by Gasteiger charge is -2.37.